The van der Waals surface area contributed by atoms with Gasteiger partial charge in [0, 0.05) is 25.5 Å². The van der Waals surface area contributed by atoms with E-state index in [9.17, 15) is 13.2 Å². The fraction of sp³-hybridized carbons (Fsp3) is 0.333. The van der Waals surface area contributed by atoms with E-state index < -0.39 is 16.0 Å². The summed E-state index contributed by atoms with van der Waals surface area (Å²) in [5, 5.41) is 8.80. The lowest BCUT2D eigenvalue weighted by Crippen LogP contribution is -2.32. The molecular weight excluding hydrogens is 340 g/mol. The number of aromatic carboxylic acids is 1. The van der Waals surface area contributed by atoms with Crippen LogP contribution in [0.2, 0.25) is 0 Å². The number of benzene rings is 1. The van der Waals surface area contributed by atoms with Crippen LogP contribution in [-0.4, -0.2) is 41.9 Å². The van der Waals surface area contributed by atoms with Crippen molar-refractivity contribution in [2.24, 2.45) is 0 Å². The van der Waals surface area contributed by atoms with E-state index in [2.05, 4.69) is 4.98 Å². The first-order valence-corrected chi connectivity index (χ1v) is 9.56. The molecule has 0 aliphatic heterocycles. The summed E-state index contributed by atoms with van der Waals surface area (Å²) < 4.78 is 26.2. The summed E-state index contributed by atoms with van der Waals surface area (Å²) in [6, 6.07) is 11.0. The zero-order valence-corrected chi connectivity index (χ0v) is 15.3. The maximum atomic E-state index is 12.4. The topological polar surface area (TPSA) is 87.6 Å². The van der Waals surface area contributed by atoms with E-state index in [0.717, 1.165) is 12.8 Å². The first-order valence-electron chi connectivity index (χ1n) is 8.12. The third kappa shape index (κ3) is 6.64. The molecule has 0 saturated heterocycles. The summed E-state index contributed by atoms with van der Waals surface area (Å²) in [5.41, 5.74) is 0.0801. The highest BCUT2D eigenvalue weighted by Gasteiger charge is 2.23. The molecule has 0 radical (unpaired) electrons. The molecule has 1 heterocycles. The minimum Gasteiger partial charge on any atom is -0.478 e. The highest BCUT2D eigenvalue weighted by Crippen LogP contribution is 2.17. The Kier molecular flexibility index (Phi) is 8.80. The van der Waals surface area contributed by atoms with E-state index in [0.29, 0.717) is 13.1 Å². The Labute approximate surface area is 149 Å². The Morgan fingerprint density at radius 2 is 1.52 bits per heavy atom. The predicted molar refractivity (Wildman–Crippen MR) is 97.0 cm³/mol. The molecule has 0 saturated carbocycles. The normalized spacial score (nSPS) is 10.8. The van der Waals surface area contributed by atoms with Crippen molar-refractivity contribution < 1.29 is 18.3 Å². The average Bonchev–Trinajstić information content (AvgIpc) is 2.63. The summed E-state index contributed by atoms with van der Waals surface area (Å²) in [7, 11) is -3.53. The fourth-order valence-corrected chi connectivity index (χ4v) is 3.71. The standard InChI is InChI=1S/C13H19NO4S.C5H5N/c1-3-9-14(10-4-2)19(17,18)12-7-5-11(6-8-12)13(15)16;1-2-4-6-5-3-1/h5-8H,3-4,9-10H2,1-2H3,(H,15,16);1-5H. The number of carboxylic acids is 1. The molecule has 2 aromatic rings. The molecule has 1 N–H and O–H groups in total. The van der Waals surface area contributed by atoms with Crippen LogP contribution in [-0.2, 0) is 10.0 Å². The van der Waals surface area contributed by atoms with E-state index in [4.69, 9.17) is 5.11 Å². The lowest BCUT2D eigenvalue weighted by molar-refractivity contribution is 0.0696. The van der Waals surface area contributed by atoms with Gasteiger partial charge in [0.05, 0.1) is 10.5 Å². The minimum atomic E-state index is -3.53. The molecule has 2 rings (SSSR count). The van der Waals surface area contributed by atoms with Gasteiger partial charge in [0.25, 0.3) is 0 Å². The maximum Gasteiger partial charge on any atom is 0.335 e. The van der Waals surface area contributed by atoms with Gasteiger partial charge < -0.3 is 5.11 Å². The van der Waals surface area contributed by atoms with E-state index in [-0.39, 0.29) is 10.5 Å². The van der Waals surface area contributed by atoms with Gasteiger partial charge in [0.1, 0.15) is 0 Å². The van der Waals surface area contributed by atoms with Gasteiger partial charge >= 0.3 is 5.97 Å². The number of aromatic nitrogens is 1. The quantitative estimate of drug-likeness (QED) is 0.814. The number of hydrogen-bond donors (Lipinski definition) is 1. The number of carbonyl (C=O) groups is 1. The van der Waals surface area contributed by atoms with Crippen molar-refractivity contribution in [3.8, 4) is 0 Å². The SMILES string of the molecule is CCCN(CCC)S(=O)(=O)c1ccc(C(=O)O)cc1.c1ccncc1. The monoisotopic (exact) mass is 364 g/mol. The molecule has 0 unspecified atom stereocenters. The van der Waals surface area contributed by atoms with Crippen molar-refractivity contribution in [3.05, 3.63) is 60.4 Å². The average molecular weight is 364 g/mol. The largest absolute Gasteiger partial charge is 0.478 e. The number of rotatable bonds is 7. The van der Waals surface area contributed by atoms with Gasteiger partial charge in [-0.15, -0.1) is 0 Å². The van der Waals surface area contributed by atoms with Crippen molar-refractivity contribution in [2.45, 2.75) is 31.6 Å². The van der Waals surface area contributed by atoms with Gasteiger partial charge in [-0.1, -0.05) is 19.9 Å². The second-order valence-electron chi connectivity index (χ2n) is 5.26. The summed E-state index contributed by atoms with van der Waals surface area (Å²) >= 11 is 0. The van der Waals surface area contributed by atoms with Crippen LogP contribution in [0.4, 0.5) is 0 Å². The molecule has 0 spiro atoms. The van der Waals surface area contributed by atoms with Crippen molar-refractivity contribution in [3.63, 3.8) is 0 Å². The second kappa shape index (κ2) is 10.6. The Bertz CT molecular complexity index is 699. The van der Waals surface area contributed by atoms with Crippen LogP contribution in [0.25, 0.3) is 0 Å². The number of nitrogens with zero attached hydrogens (tertiary/aromatic N) is 2. The van der Waals surface area contributed by atoms with Crippen LogP contribution in [0.1, 0.15) is 37.0 Å². The number of hydrogen-bond acceptors (Lipinski definition) is 4. The van der Waals surface area contributed by atoms with Crippen LogP contribution < -0.4 is 0 Å². The minimum absolute atomic E-state index is 0.0801. The Morgan fingerprint density at radius 3 is 1.84 bits per heavy atom. The molecule has 1 aromatic carbocycles. The molecule has 1 aromatic heterocycles. The fourth-order valence-electron chi connectivity index (χ4n) is 2.08. The summed E-state index contributed by atoms with van der Waals surface area (Å²) in [6.07, 6.45) is 4.98. The van der Waals surface area contributed by atoms with Gasteiger partial charge in [0.15, 0.2) is 0 Å². The van der Waals surface area contributed by atoms with Crippen LogP contribution in [0.15, 0.2) is 59.8 Å². The first kappa shape index (κ1) is 20.8. The van der Waals surface area contributed by atoms with E-state index in [1.807, 2.05) is 32.0 Å². The van der Waals surface area contributed by atoms with Gasteiger partial charge in [-0.2, -0.15) is 4.31 Å². The molecule has 0 fully saturated rings. The third-order valence-electron chi connectivity index (χ3n) is 3.25. The number of carboxylic acid groups (broad SMARTS) is 1. The predicted octanol–water partition coefficient (Wildman–Crippen LogP) is 3.28. The zero-order chi connectivity index (χ0) is 18.7. The van der Waals surface area contributed by atoms with Crippen molar-refractivity contribution in [1.29, 1.82) is 0 Å². The summed E-state index contributed by atoms with van der Waals surface area (Å²) in [6.45, 7) is 4.78. The molecule has 0 amide bonds. The second-order valence-corrected chi connectivity index (χ2v) is 7.20. The highest BCUT2D eigenvalue weighted by molar-refractivity contribution is 7.89. The molecule has 0 aliphatic rings. The number of pyridine rings is 1. The lowest BCUT2D eigenvalue weighted by atomic mass is 10.2. The van der Waals surface area contributed by atoms with Gasteiger partial charge in [0.2, 0.25) is 10.0 Å². The Hall–Kier alpha value is -2.25. The molecule has 0 atom stereocenters. The lowest BCUT2D eigenvalue weighted by Gasteiger charge is -2.20. The van der Waals surface area contributed by atoms with Crippen molar-refractivity contribution in [2.75, 3.05) is 13.1 Å². The third-order valence-corrected chi connectivity index (χ3v) is 5.16. The highest BCUT2D eigenvalue weighted by atomic mass is 32.2. The molecule has 25 heavy (non-hydrogen) atoms. The van der Waals surface area contributed by atoms with Crippen LogP contribution in [0.3, 0.4) is 0 Å². The van der Waals surface area contributed by atoms with Crippen molar-refractivity contribution in [1.82, 2.24) is 9.29 Å². The summed E-state index contributed by atoms with van der Waals surface area (Å²) in [5.74, 6) is -1.07. The maximum absolute atomic E-state index is 12.4. The van der Waals surface area contributed by atoms with Gasteiger partial charge in [-0.3, -0.25) is 4.98 Å². The Morgan fingerprint density at radius 1 is 1.00 bits per heavy atom. The molecular formula is C18H24N2O4S. The molecule has 0 aliphatic carbocycles. The zero-order valence-electron chi connectivity index (χ0n) is 14.5. The molecule has 6 nitrogen and oxygen atoms in total. The first-order chi connectivity index (χ1) is 11.9. The van der Waals surface area contributed by atoms with E-state index in [1.54, 1.807) is 12.4 Å². The molecule has 0 bridgehead atoms. The molecule has 136 valence electrons. The molecule has 7 heteroatoms. The van der Waals surface area contributed by atoms with Crippen LogP contribution in [0, 0.1) is 0 Å². The van der Waals surface area contributed by atoms with Gasteiger partial charge in [-0.25, -0.2) is 13.2 Å². The van der Waals surface area contributed by atoms with Gasteiger partial charge in [-0.05, 0) is 49.2 Å². The van der Waals surface area contributed by atoms with E-state index in [1.165, 1.54) is 28.6 Å². The van der Waals surface area contributed by atoms with E-state index >= 15 is 0 Å². The van der Waals surface area contributed by atoms with Crippen molar-refractivity contribution >= 4 is 16.0 Å². The van der Waals surface area contributed by atoms with Crippen LogP contribution >= 0.6 is 0 Å². The van der Waals surface area contributed by atoms with Crippen LogP contribution in [0.5, 0.6) is 0 Å². The number of sulfonamides is 1. The Balaban J connectivity index is 0.000000435. The smallest absolute Gasteiger partial charge is 0.335 e. The summed E-state index contributed by atoms with van der Waals surface area (Å²) in [4.78, 5) is 14.7.